The Bertz CT molecular complexity index is 592. The first-order chi connectivity index (χ1) is 9.71. The molecule has 0 bridgehead atoms. The Hall–Kier alpha value is -1.20. The molecule has 0 radical (unpaired) electrons. The number of nitrogens with two attached hydrogens (primary N) is 1. The fraction of sp³-hybridized carbons (Fsp3) is 0.200. The third kappa shape index (κ3) is 3.10. The van der Waals surface area contributed by atoms with Gasteiger partial charge in [-0.25, -0.2) is 5.43 Å². The van der Waals surface area contributed by atoms with E-state index >= 15 is 0 Å². The van der Waals surface area contributed by atoms with E-state index in [2.05, 4.69) is 23.8 Å². The van der Waals surface area contributed by atoms with Crippen molar-refractivity contribution in [1.82, 2.24) is 5.43 Å². The second-order valence-electron chi connectivity index (χ2n) is 4.24. The fourth-order valence-electron chi connectivity index (χ4n) is 2.13. The first-order valence-corrected chi connectivity index (χ1v) is 7.74. The lowest BCUT2D eigenvalue weighted by Gasteiger charge is -2.20. The van der Waals surface area contributed by atoms with Crippen LogP contribution in [-0.4, -0.2) is 13.4 Å². The molecule has 0 heterocycles. The van der Waals surface area contributed by atoms with E-state index in [1.54, 1.807) is 18.9 Å². The van der Waals surface area contributed by atoms with E-state index in [0.29, 0.717) is 10.8 Å². The van der Waals surface area contributed by atoms with Crippen molar-refractivity contribution in [2.24, 2.45) is 5.84 Å². The molecule has 0 saturated carbocycles. The predicted octanol–water partition coefficient (Wildman–Crippen LogP) is 3.62. The molecule has 0 amide bonds. The molecule has 20 heavy (non-hydrogen) atoms. The lowest BCUT2D eigenvalue weighted by Crippen LogP contribution is -2.29. The van der Waals surface area contributed by atoms with Crippen LogP contribution >= 0.6 is 23.4 Å². The van der Waals surface area contributed by atoms with Crippen molar-refractivity contribution < 1.29 is 4.74 Å². The largest absolute Gasteiger partial charge is 0.495 e. The van der Waals surface area contributed by atoms with E-state index in [1.165, 1.54) is 4.90 Å². The third-order valence-electron chi connectivity index (χ3n) is 3.13. The van der Waals surface area contributed by atoms with Crippen molar-refractivity contribution in [3.63, 3.8) is 0 Å². The number of methoxy groups -OCH3 is 1. The second kappa shape index (κ2) is 6.99. The predicted molar refractivity (Wildman–Crippen MR) is 85.4 cm³/mol. The molecule has 2 aromatic carbocycles. The standard InChI is InChI=1S/C15H17ClN2OS/c1-19-13-9-10(7-8-12(13)16)15(18-17)11-5-3-4-6-14(11)20-2/h3-9,15,18H,17H2,1-2H3. The van der Waals surface area contributed by atoms with Crippen molar-refractivity contribution in [3.8, 4) is 5.75 Å². The molecule has 1 atom stereocenters. The van der Waals surface area contributed by atoms with E-state index in [1.807, 2.05) is 30.3 Å². The molecule has 3 nitrogen and oxygen atoms in total. The van der Waals surface area contributed by atoms with Gasteiger partial charge in [-0.05, 0) is 35.6 Å². The summed E-state index contributed by atoms with van der Waals surface area (Å²) in [4.78, 5) is 1.18. The number of halogens is 1. The zero-order valence-electron chi connectivity index (χ0n) is 11.4. The first-order valence-electron chi connectivity index (χ1n) is 6.13. The fourth-order valence-corrected chi connectivity index (χ4v) is 2.96. The lowest BCUT2D eigenvalue weighted by atomic mass is 9.99. The van der Waals surface area contributed by atoms with E-state index in [-0.39, 0.29) is 6.04 Å². The molecule has 0 fully saturated rings. The van der Waals surface area contributed by atoms with Crippen LogP contribution in [0, 0.1) is 0 Å². The smallest absolute Gasteiger partial charge is 0.137 e. The average Bonchev–Trinajstić information content (AvgIpc) is 2.50. The van der Waals surface area contributed by atoms with Crippen LogP contribution in [0.3, 0.4) is 0 Å². The first kappa shape index (κ1) is 15.2. The van der Waals surface area contributed by atoms with Crippen LogP contribution in [0.15, 0.2) is 47.4 Å². The number of rotatable bonds is 5. The molecular formula is C15H17ClN2OS. The van der Waals surface area contributed by atoms with Crippen molar-refractivity contribution in [2.75, 3.05) is 13.4 Å². The van der Waals surface area contributed by atoms with Gasteiger partial charge in [-0.3, -0.25) is 5.84 Å². The van der Waals surface area contributed by atoms with Crippen LogP contribution < -0.4 is 16.0 Å². The molecule has 0 aliphatic rings. The number of thioether (sulfide) groups is 1. The topological polar surface area (TPSA) is 47.3 Å². The Morgan fingerprint density at radius 3 is 2.65 bits per heavy atom. The van der Waals surface area contributed by atoms with Gasteiger partial charge in [0.25, 0.3) is 0 Å². The highest BCUT2D eigenvalue weighted by Crippen LogP contribution is 2.33. The highest BCUT2D eigenvalue weighted by molar-refractivity contribution is 7.98. The van der Waals surface area contributed by atoms with Gasteiger partial charge in [-0.1, -0.05) is 35.9 Å². The van der Waals surface area contributed by atoms with E-state index in [0.717, 1.165) is 11.1 Å². The maximum atomic E-state index is 6.07. The van der Waals surface area contributed by atoms with Crippen LogP contribution in [0.4, 0.5) is 0 Å². The summed E-state index contributed by atoms with van der Waals surface area (Å²) in [6.07, 6.45) is 2.05. The second-order valence-corrected chi connectivity index (χ2v) is 5.49. The summed E-state index contributed by atoms with van der Waals surface area (Å²) < 4.78 is 5.27. The quantitative estimate of drug-likeness (QED) is 0.503. The highest BCUT2D eigenvalue weighted by atomic mass is 35.5. The van der Waals surface area contributed by atoms with Crippen LogP contribution in [0.1, 0.15) is 17.2 Å². The van der Waals surface area contributed by atoms with E-state index < -0.39 is 0 Å². The summed E-state index contributed by atoms with van der Waals surface area (Å²) in [6.45, 7) is 0. The molecule has 5 heteroatoms. The highest BCUT2D eigenvalue weighted by Gasteiger charge is 2.17. The number of ether oxygens (including phenoxy) is 1. The van der Waals surface area contributed by atoms with E-state index in [4.69, 9.17) is 22.2 Å². The van der Waals surface area contributed by atoms with Gasteiger partial charge >= 0.3 is 0 Å². The molecule has 2 aromatic rings. The van der Waals surface area contributed by atoms with Gasteiger partial charge in [0.05, 0.1) is 18.2 Å². The van der Waals surface area contributed by atoms with Crippen LogP contribution in [-0.2, 0) is 0 Å². The Kier molecular flexibility index (Phi) is 5.31. The van der Waals surface area contributed by atoms with Gasteiger partial charge in [-0.15, -0.1) is 11.8 Å². The summed E-state index contributed by atoms with van der Waals surface area (Å²) in [5, 5.41) is 0.588. The normalized spacial score (nSPS) is 12.2. The Balaban J connectivity index is 2.47. The SMILES string of the molecule is COc1cc(C(NN)c2ccccc2SC)ccc1Cl. The summed E-state index contributed by atoms with van der Waals surface area (Å²) >= 11 is 7.76. The zero-order chi connectivity index (χ0) is 14.5. The number of benzene rings is 2. The minimum atomic E-state index is -0.107. The van der Waals surface area contributed by atoms with Crippen LogP contribution in [0.2, 0.25) is 5.02 Å². The number of hydrazine groups is 1. The number of nitrogens with one attached hydrogen (secondary N) is 1. The minimum absolute atomic E-state index is 0.107. The summed E-state index contributed by atoms with van der Waals surface area (Å²) in [6, 6.07) is 13.7. The van der Waals surface area contributed by atoms with Gasteiger partial charge in [0.2, 0.25) is 0 Å². The molecule has 0 aliphatic carbocycles. The van der Waals surface area contributed by atoms with E-state index in [9.17, 15) is 0 Å². The number of hydrogen-bond donors (Lipinski definition) is 2. The van der Waals surface area contributed by atoms with Gasteiger partial charge in [0.1, 0.15) is 5.75 Å². The molecule has 0 saturated heterocycles. The third-order valence-corrected chi connectivity index (χ3v) is 4.25. The molecular weight excluding hydrogens is 292 g/mol. The Morgan fingerprint density at radius 1 is 1.25 bits per heavy atom. The minimum Gasteiger partial charge on any atom is -0.495 e. The molecule has 0 aromatic heterocycles. The van der Waals surface area contributed by atoms with Crippen LogP contribution in [0.25, 0.3) is 0 Å². The molecule has 106 valence electrons. The van der Waals surface area contributed by atoms with Crippen molar-refractivity contribution in [2.45, 2.75) is 10.9 Å². The monoisotopic (exact) mass is 308 g/mol. The molecule has 1 unspecified atom stereocenters. The van der Waals surface area contributed by atoms with Gasteiger partial charge < -0.3 is 4.74 Å². The lowest BCUT2D eigenvalue weighted by molar-refractivity contribution is 0.414. The maximum absolute atomic E-state index is 6.07. The maximum Gasteiger partial charge on any atom is 0.137 e. The number of hydrogen-bond acceptors (Lipinski definition) is 4. The average molecular weight is 309 g/mol. The van der Waals surface area contributed by atoms with Gasteiger partial charge in [0, 0.05) is 4.90 Å². The van der Waals surface area contributed by atoms with Crippen LogP contribution in [0.5, 0.6) is 5.75 Å². The van der Waals surface area contributed by atoms with Gasteiger partial charge in [-0.2, -0.15) is 0 Å². The molecule has 2 rings (SSSR count). The molecule has 0 aliphatic heterocycles. The van der Waals surface area contributed by atoms with Gasteiger partial charge in [0.15, 0.2) is 0 Å². The van der Waals surface area contributed by atoms with Crippen molar-refractivity contribution in [3.05, 3.63) is 58.6 Å². The summed E-state index contributed by atoms with van der Waals surface area (Å²) in [7, 11) is 1.60. The zero-order valence-corrected chi connectivity index (χ0v) is 13.0. The van der Waals surface area contributed by atoms with Crippen molar-refractivity contribution >= 4 is 23.4 Å². The molecule has 0 spiro atoms. The molecule has 3 N–H and O–H groups in total. The summed E-state index contributed by atoms with van der Waals surface area (Å²) in [5.41, 5.74) is 5.01. The summed E-state index contributed by atoms with van der Waals surface area (Å²) in [5.74, 6) is 6.40. The Morgan fingerprint density at radius 2 is 2.00 bits per heavy atom. The Labute approximate surface area is 128 Å². The van der Waals surface area contributed by atoms with Crippen molar-refractivity contribution in [1.29, 1.82) is 0 Å².